The number of hydrogen-bond donors (Lipinski definition) is 0. The second-order valence-corrected chi connectivity index (χ2v) is 5.75. The smallest absolute Gasteiger partial charge is 0.222 e. The van der Waals surface area contributed by atoms with Crippen LogP contribution in [0.5, 0.6) is 0 Å². The highest BCUT2D eigenvalue weighted by Gasteiger charge is 2.19. The predicted molar refractivity (Wildman–Crippen MR) is 78.2 cm³/mol. The van der Waals surface area contributed by atoms with Crippen LogP contribution < -0.4 is 0 Å². The Morgan fingerprint density at radius 1 is 1.21 bits per heavy atom. The minimum atomic E-state index is 0.329. The molecule has 0 aromatic rings. The monoisotopic (exact) mass is 268 g/mol. The Kier molecular flexibility index (Phi) is 7.53. The number of likely N-dealkylation sites (tertiary alicyclic amines) is 1. The van der Waals surface area contributed by atoms with Crippen molar-refractivity contribution in [1.82, 2.24) is 4.90 Å². The van der Waals surface area contributed by atoms with Crippen molar-refractivity contribution in [2.45, 2.75) is 59.3 Å². The summed E-state index contributed by atoms with van der Waals surface area (Å²) in [6.07, 6.45) is 5.98. The van der Waals surface area contributed by atoms with Gasteiger partial charge in [0.2, 0.25) is 5.91 Å². The van der Waals surface area contributed by atoms with Crippen LogP contribution in [-0.4, -0.2) is 36.2 Å². The van der Waals surface area contributed by atoms with E-state index in [-0.39, 0.29) is 0 Å². The lowest BCUT2D eigenvalue weighted by Crippen LogP contribution is -2.37. The Morgan fingerprint density at radius 2 is 1.89 bits per heavy atom. The van der Waals surface area contributed by atoms with Gasteiger partial charge in [0.15, 0.2) is 0 Å². The van der Waals surface area contributed by atoms with E-state index in [2.05, 4.69) is 12.1 Å². The molecule has 1 amide bonds. The number of carbonyl (C=O) groups excluding carboxylic acids is 1. The van der Waals surface area contributed by atoms with E-state index >= 15 is 0 Å². The van der Waals surface area contributed by atoms with Crippen LogP contribution in [0, 0.1) is 5.92 Å². The van der Waals surface area contributed by atoms with Crippen molar-refractivity contribution in [1.29, 1.82) is 0 Å². The van der Waals surface area contributed by atoms with Crippen LogP contribution in [0.15, 0.2) is 5.16 Å². The summed E-state index contributed by atoms with van der Waals surface area (Å²) in [5.74, 6) is 1.11. The maximum atomic E-state index is 12.0. The van der Waals surface area contributed by atoms with Gasteiger partial charge in [-0.3, -0.25) is 4.79 Å². The molecular weight excluding hydrogens is 240 g/mol. The summed E-state index contributed by atoms with van der Waals surface area (Å²) >= 11 is 0. The number of nitrogens with zero attached hydrogens (tertiary/aromatic N) is 2. The molecule has 0 aromatic heterocycles. The van der Waals surface area contributed by atoms with Crippen molar-refractivity contribution < 1.29 is 9.63 Å². The Hall–Kier alpha value is -1.06. The molecule has 0 spiro atoms. The zero-order chi connectivity index (χ0) is 14.1. The molecule has 0 aliphatic carbocycles. The summed E-state index contributed by atoms with van der Waals surface area (Å²) in [4.78, 5) is 19.1. The molecule has 19 heavy (non-hydrogen) atoms. The van der Waals surface area contributed by atoms with Crippen molar-refractivity contribution in [3.8, 4) is 0 Å². The van der Waals surface area contributed by atoms with E-state index in [1.165, 1.54) is 0 Å². The number of carbonyl (C=O) groups is 1. The molecule has 1 fully saturated rings. The summed E-state index contributed by atoms with van der Waals surface area (Å²) in [5, 5.41) is 3.88. The van der Waals surface area contributed by atoms with Crippen LogP contribution >= 0.6 is 0 Å². The van der Waals surface area contributed by atoms with Crippen molar-refractivity contribution in [2.75, 3.05) is 19.7 Å². The first-order valence-electron chi connectivity index (χ1n) is 7.50. The van der Waals surface area contributed by atoms with Gasteiger partial charge in [0.25, 0.3) is 0 Å². The molecule has 4 nitrogen and oxygen atoms in total. The first kappa shape index (κ1) is 16.0. The second kappa shape index (κ2) is 8.94. The molecule has 1 aliphatic heterocycles. The van der Waals surface area contributed by atoms with Crippen molar-refractivity contribution in [3.63, 3.8) is 0 Å². The van der Waals surface area contributed by atoms with Crippen LogP contribution in [0.25, 0.3) is 0 Å². The number of rotatable bonds is 7. The number of hydrogen-bond acceptors (Lipinski definition) is 3. The van der Waals surface area contributed by atoms with Crippen LogP contribution in [0.3, 0.4) is 0 Å². The summed E-state index contributed by atoms with van der Waals surface area (Å²) in [6, 6.07) is 0. The highest BCUT2D eigenvalue weighted by molar-refractivity contribution is 5.78. The normalized spacial score (nSPS) is 16.3. The zero-order valence-electron chi connectivity index (χ0n) is 12.7. The molecule has 0 aromatic carbocycles. The van der Waals surface area contributed by atoms with Gasteiger partial charge in [-0.2, -0.15) is 0 Å². The molecule has 0 atom stereocenters. The van der Waals surface area contributed by atoms with Gasteiger partial charge in [-0.05, 0) is 51.9 Å². The average Bonchev–Trinajstić information content (AvgIpc) is 2.38. The first-order valence-corrected chi connectivity index (χ1v) is 7.50. The maximum absolute atomic E-state index is 12.0. The molecule has 0 bridgehead atoms. The van der Waals surface area contributed by atoms with Crippen LogP contribution in [0.2, 0.25) is 0 Å². The van der Waals surface area contributed by atoms with Gasteiger partial charge in [0.05, 0.1) is 5.71 Å². The summed E-state index contributed by atoms with van der Waals surface area (Å²) in [5.41, 5.74) is 0.939. The Bertz CT molecular complexity index is 291. The quantitative estimate of drug-likeness (QED) is 0.404. The molecule has 1 saturated heterocycles. The van der Waals surface area contributed by atoms with Gasteiger partial charge < -0.3 is 9.74 Å². The summed E-state index contributed by atoms with van der Waals surface area (Å²) in [6.45, 7) is 8.65. The molecule has 1 heterocycles. The van der Waals surface area contributed by atoms with Crippen molar-refractivity contribution in [3.05, 3.63) is 0 Å². The molecule has 0 N–H and O–H groups in total. The van der Waals surface area contributed by atoms with Crippen LogP contribution in [-0.2, 0) is 9.63 Å². The lowest BCUT2D eigenvalue weighted by molar-refractivity contribution is -0.132. The lowest BCUT2D eigenvalue weighted by atomic mass is 9.99. The molecule has 1 aliphatic rings. The third-order valence-corrected chi connectivity index (χ3v) is 3.51. The van der Waals surface area contributed by atoms with E-state index in [9.17, 15) is 4.79 Å². The molecular formula is C15H28N2O2. The van der Waals surface area contributed by atoms with E-state index in [4.69, 9.17) is 4.84 Å². The van der Waals surface area contributed by atoms with Crippen molar-refractivity contribution >= 4 is 11.6 Å². The summed E-state index contributed by atoms with van der Waals surface area (Å²) < 4.78 is 0. The standard InChI is InChI=1S/C15H28N2O2/c1-13(2)16-19-12-6-4-5-7-15(18)17-10-8-14(3)9-11-17/h14H,4-12H2,1-3H3. The molecule has 1 rings (SSSR count). The number of oxime groups is 1. The summed E-state index contributed by atoms with van der Waals surface area (Å²) in [7, 11) is 0. The topological polar surface area (TPSA) is 41.9 Å². The fourth-order valence-electron chi connectivity index (χ4n) is 2.21. The number of piperidine rings is 1. The average molecular weight is 268 g/mol. The van der Waals surface area contributed by atoms with Gasteiger partial charge >= 0.3 is 0 Å². The zero-order valence-corrected chi connectivity index (χ0v) is 12.7. The van der Waals surface area contributed by atoms with Gasteiger partial charge in [-0.1, -0.05) is 12.1 Å². The van der Waals surface area contributed by atoms with Gasteiger partial charge in [-0.15, -0.1) is 0 Å². The minimum absolute atomic E-state index is 0.329. The fraction of sp³-hybridized carbons (Fsp3) is 0.867. The maximum Gasteiger partial charge on any atom is 0.222 e. The SMILES string of the molecule is CC(C)=NOCCCCCC(=O)N1CCC(C)CC1. The third-order valence-electron chi connectivity index (χ3n) is 3.51. The van der Waals surface area contributed by atoms with E-state index in [0.29, 0.717) is 18.9 Å². The molecule has 4 heteroatoms. The van der Waals surface area contributed by atoms with Gasteiger partial charge in [0, 0.05) is 19.5 Å². The van der Waals surface area contributed by atoms with Crippen LogP contribution in [0.4, 0.5) is 0 Å². The third kappa shape index (κ3) is 7.19. The van der Waals surface area contributed by atoms with E-state index in [1.807, 2.05) is 18.7 Å². The van der Waals surface area contributed by atoms with E-state index in [0.717, 1.165) is 56.8 Å². The fourth-order valence-corrected chi connectivity index (χ4v) is 2.21. The molecule has 0 unspecified atom stereocenters. The molecule has 110 valence electrons. The Balaban J connectivity index is 2.00. The number of amides is 1. The number of unbranched alkanes of at least 4 members (excludes halogenated alkanes) is 2. The van der Waals surface area contributed by atoms with Gasteiger partial charge in [0.1, 0.15) is 6.61 Å². The molecule has 0 saturated carbocycles. The van der Waals surface area contributed by atoms with Crippen molar-refractivity contribution in [2.24, 2.45) is 11.1 Å². The second-order valence-electron chi connectivity index (χ2n) is 5.75. The lowest BCUT2D eigenvalue weighted by Gasteiger charge is -2.30. The van der Waals surface area contributed by atoms with Gasteiger partial charge in [-0.25, -0.2) is 0 Å². The first-order chi connectivity index (χ1) is 9.09. The Labute approximate surface area is 117 Å². The van der Waals surface area contributed by atoms with E-state index in [1.54, 1.807) is 0 Å². The molecule has 0 radical (unpaired) electrons. The Morgan fingerprint density at radius 3 is 2.53 bits per heavy atom. The predicted octanol–water partition coefficient (Wildman–Crippen LogP) is 3.22. The largest absolute Gasteiger partial charge is 0.396 e. The minimum Gasteiger partial charge on any atom is -0.396 e. The highest BCUT2D eigenvalue weighted by atomic mass is 16.6. The van der Waals surface area contributed by atoms with Crippen LogP contribution in [0.1, 0.15) is 59.3 Å². The van der Waals surface area contributed by atoms with E-state index < -0.39 is 0 Å². The highest BCUT2D eigenvalue weighted by Crippen LogP contribution is 2.17.